The van der Waals surface area contributed by atoms with Gasteiger partial charge in [-0.1, -0.05) is 6.07 Å². The molecule has 3 nitrogen and oxygen atoms in total. The Balaban J connectivity index is 2.04. The summed E-state index contributed by atoms with van der Waals surface area (Å²) in [5, 5.41) is 2.32. The van der Waals surface area contributed by atoms with Crippen molar-refractivity contribution in [3.63, 3.8) is 0 Å². The average Bonchev–Trinajstić information content (AvgIpc) is 2.41. The summed E-state index contributed by atoms with van der Waals surface area (Å²) in [5.41, 5.74) is 0.680. The van der Waals surface area contributed by atoms with Crippen LogP contribution in [0.1, 0.15) is 5.56 Å². The first-order valence-electron chi connectivity index (χ1n) is 5.49. The van der Waals surface area contributed by atoms with Crippen molar-refractivity contribution in [3.8, 4) is 0 Å². The minimum absolute atomic E-state index is 0.0674. The number of anilines is 1. The number of benzene rings is 1. The largest absolute Gasteiger partial charge is 0.320 e. The topological polar surface area (TPSA) is 42.0 Å². The molecule has 0 aliphatic heterocycles. The summed E-state index contributed by atoms with van der Waals surface area (Å²) < 4.78 is 26.0. The number of rotatable bonds is 3. The highest BCUT2D eigenvalue weighted by molar-refractivity contribution is 6.01. The Hall–Kier alpha value is -2.56. The van der Waals surface area contributed by atoms with Gasteiger partial charge in [-0.3, -0.25) is 9.78 Å². The standard InChI is InChI=1S/C14H10F2N2O/c15-11-4-5-13(12(16)8-11)18-14(19)6-3-10-2-1-7-17-9-10/h1-9H,(H,18,19)/b6-3+. The van der Waals surface area contributed by atoms with Crippen molar-refractivity contribution in [3.05, 3.63) is 66.0 Å². The zero-order valence-electron chi connectivity index (χ0n) is 9.81. The van der Waals surface area contributed by atoms with Crippen LogP contribution in [0.15, 0.2) is 48.8 Å². The summed E-state index contributed by atoms with van der Waals surface area (Å²) >= 11 is 0. The fraction of sp³-hybridized carbons (Fsp3) is 0. The van der Waals surface area contributed by atoms with Gasteiger partial charge < -0.3 is 5.32 Å². The number of halogens is 2. The van der Waals surface area contributed by atoms with E-state index < -0.39 is 17.5 Å². The van der Waals surface area contributed by atoms with Crippen molar-refractivity contribution in [2.75, 3.05) is 5.32 Å². The van der Waals surface area contributed by atoms with Crippen LogP contribution in [0.2, 0.25) is 0 Å². The van der Waals surface area contributed by atoms with E-state index in [1.54, 1.807) is 30.6 Å². The third-order valence-electron chi connectivity index (χ3n) is 2.30. The molecule has 0 saturated carbocycles. The van der Waals surface area contributed by atoms with Crippen molar-refractivity contribution in [1.29, 1.82) is 0 Å². The number of carbonyl (C=O) groups excluding carboxylic acids is 1. The molecular formula is C14H10F2N2O. The van der Waals surface area contributed by atoms with E-state index in [9.17, 15) is 13.6 Å². The molecule has 1 aromatic heterocycles. The summed E-state index contributed by atoms with van der Waals surface area (Å²) in [4.78, 5) is 15.4. The van der Waals surface area contributed by atoms with Crippen molar-refractivity contribution in [2.24, 2.45) is 0 Å². The number of aromatic nitrogens is 1. The van der Waals surface area contributed by atoms with Crippen LogP contribution in [0.4, 0.5) is 14.5 Å². The van der Waals surface area contributed by atoms with Crippen LogP contribution < -0.4 is 5.32 Å². The first-order chi connectivity index (χ1) is 9.15. The van der Waals surface area contributed by atoms with Crippen molar-refractivity contribution < 1.29 is 13.6 Å². The molecule has 1 aromatic carbocycles. The molecule has 0 unspecified atom stereocenters. The van der Waals surface area contributed by atoms with Gasteiger partial charge >= 0.3 is 0 Å². The zero-order chi connectivity index (χ0) is 13.7. The average molecular weight is 260 g/mol. The van der Waals surface area contributed by atoms with Gasteiger partial charge in [-0.15, -0.1) is 0 Å². The van der Waals surface area contributed by atoms with Gasteiger partial charge in [0.25, 0.3) is 0 Å². The highest BCUT2D eigenvalue weighted by Crippen LogP contribution is 2.14. The molecule has 0 bridgehead atoms. The number of pyridine rings is 1. The Morgan fingerprint density at radius 3 is 2.79 bits per heavy atom. The quantitative estimate of drug-likeness (QED) is 0.862. The van der Waals surface area contributed by atoms with E-state index in [2.05, 4.69) is 10.3 Å². The maximum atomic E-state index is 13.3. The maximum absolute atomic E-state index is 13.3. The smallest absolute Gasteiger partial charge is 0.248 e. The van der Waals surface area contributed by atoms with Crippen LogP contribution in [0.5, 0.6) is 0 Å². The van der Waals surface area contributed by atoms with E-state index in [4.69, 9.17) is 0 Å². The number of hydrogen-bond acceptors (Lipinski definition) is 2. The molecular weight excluding hydrogens is 250 g/mol. The molecule has 96 valence electrons. The summed E-state index contributed by atoms with van der Waals surface area (Å²) in [7, 11) is 0. The zero-order valence-corrected chi connectivity index (χ0v) is 9.81. The molecule has 0 radical (unpaired) electrons. The molecule has 5 heteroatoms. The van der Waals surface area contributed by atoms with E-state index in [1.165, 1.54) is 12.1 Å². The molecule has 1 amide bonds. The van der Waals surface area contributed by atoms with E-state index >= 15 is 0 Å². The van der Waals surface area contributed by atoms with E-state index in [0.29, 0.717) is 6.07 Å². The molecule has 1 heterocycles. The first kappa shape index (κ1) is 12.9. The fourth-order valence-electron chi connectivity index (χ4n) is 1.41. The van der Waals surface area contributed by atoms with Crippen molar-refractivity contribution in [2.45, 2.75) is 0 Å². The highest BCUT2D eigenvalue weighted by atomic mass is 19.1. The van der Waals surface area contributed by atoms with E-state index in [-0.39, 0.29) is 5.69 Å². The van der Waals surface area contributed by atoms with Crippen molar-refractivity contribution >= 4 is 17.7 Å². The molecule has 19 heavy (non-hydrogen) atoms. The number of nitrogens with one attached hydrogen (secondary N) is 1. The lowest BCUT2D eigenvalue weighted by atomic mass is 10.2. The van der Waals surface area contributed by atoms with Gasteiger partial charge in [0.15, 0.2) is 0 Å². The number of hydrogen-bond donors (Lipinski definition) is 1. The highest BCUT2D eigenvalue weighted by Gasteiger charge is 2.05. The molecule has 2 aromatic rings. The minimum Gasteiger partial charge on any atom is -0.320 e. The SMILES string of the molecule is O=C(/C=C/c1cccnc1)Nc1ccc(F)cc1F. The Morgan fingerprint density at radius 1 is 1.26 bits per heavy atom. The van der Waals surface area contributed by atoms with Gasteiger partial charge in [-0.05, 0) is 29.8 Å². The molecule has 0 atom stereocenters. The lowest BCUT2D eigenvalue weighted by Gasteiger charge is -2.03. The maximum Gasteiger partial charge on any atom is 0.248 e. The molecule has 0 fully saturated rings. The number of amides is 1. The Morgan fingerprint density at radius 2 is 2.11 bits per heavy atom. The molecule has 2 rings (SSSR count). The van der Waals surface area contributed by atoms with Crippen LogP contribution in [-0.2, 0) is 4.79 Å². The molecule has 0 aliphatic carbocycles. The predicted molar refractivity (Wildman–Crippen MR) is 68.3 cm³/mol. The summed E-state index contributed by atoms with van der Waals surface area (Å²) in [6, 6.07) is 6.46. The third kappa shape index (κ3) is 3.70. The van der Waals surface area contributed by atoms with Gasteiger partial charge in [-0.25, -0.2) is 8.78 Å². The molecule has 1 N–H and O–H groups in total. The summed E-state index contributed by atoms with van der Waals surface area (Å²) in [5.74, 6) is -2.01. The summed E-state index contributed by atoms with van der Waals surface area (Å²) in [6.07, 6.45) is 6.00. The second-order valence-electron chi connectivity index (χ2n) is 3.73. The lowest BCUT2D eigenvalue weighted by Crippen LogP contribution is -2.09. The van der Waals surface area contributed by atoms with E-state index in [1.807, 2.05) is 0 Å². The number of carbonyl (C=O) groups is 1. The third-order valence-corrected chi connectivity index (χ3v) is 2.30. The van der Waals surface area contributed by atoms with Gasteiger partial charge in [-0.2, -0.15) is 0 Å². The molecule has 0 saturated heterocycles. The Kier molecular flexibility index (Phi) is 3.97. The van der Waals surface area contributed by atoms with Crippen LogP contribution in [0, 0.1) is 11.6 Å². The normalized spacial score (nSPS) is 10.6. The van der Waals surface area contributed by atoms with E-state index in [0.717, 1.165) is 11.6 Å². The second-order valence-corrected chi connectivity index (χ2v) is 3.73. The van der Waals surface area contributed by atoms with Crippen LogP contribution in [-0.4, -0.2) is 10.9 Å². The molecule has 0 spiro atoms. The van der Waals surface area contributed by atoms with Crippen molar-refractivity contribution in [1.82, 2.24) is 4.98 Å². The van der Waals surface area contributed by atoms with Crippen LogP contribution >= 0.6 is 0 Å². The number of nitrogens with zero attached hydrogens (tertiary/aromatic N) is 1. The lowest BCUT2D eigenvalue weighted by molar-refractivity contribution is -0.111. The van der Waals surface area contributed by atoms with Gasteiger partial charge in [0.05, 0.1) is 5.69 Å². The monoisotopic (exact) mass is 260 g/mol. The predicted octanol–water partition coefficient (Wildman–Crippen LogP) is 3.01. The second kappa shape index (κ2) is 5.86. The Labute approximate surface area is 108 Å². The minimum atomic E-state index is -0.817. The first-order valence-corrected chi connectivity index (χ1v) is 5.49. The Bertz CT molecular complexity index is 612. The van der Waals surface area contributed by atoms with Gasteiger partial charge in [0.1, 0.15) is 11.6 Å². The molecule has 0 aliphatic rings. The van der Waals surface area contributed by atoms with Crippen LogP contribution in [0.3, 0.4) is 0 Å². The van der Waals surface area contributed by atoms with Crippen LogP contribution in [0.25, 0.3) is 6.08 Å². The summed E-state index contributed by atoms with van der Waals surface area (Å²) in [6.45, 7) is 0. The fourth-order valence-corrected chi connectivity index (χ4v) is 1.41. The van der Waals surface area contributed by atoms with Gasteiger partial charge in [0.2, 0.25) is 5.91 Å². The van der Waals surface area contributed by atoms with Gasteiger partial charge in [0, 0.05) is 24.5 Å².